The van der Waals surface area contributed by atoms with Gasteiger partial charge < -0.3 is 0 Å². The molecule has 0 spiro atoms. The summed E-state index contributed by atoms with van der Waals surface area (Å²) in [7, 11) is 0. The van der Waals surface area contributed by atoms with Gasteiger partial charge in [0.15, 0.2) is 0 Å². The Bertz CT molecular complexity index is 551. The van der Waals surface area contributed by atoms with Crippen LogP contribution >= 0.6 is 11.6 Å². The predicted octanol–water partition coefficient (Wildman–Crippen LogP) is 2.97. The second-order valence-electron chi connectivity index (χ2n) is 7.20. The summed E-state index contributed by atoms with van der Waals surface area (Å²) in [4.78, 5) is 26.6. The average Bonchev–Trinajstić information content (AvgIpc) is 2.09. The van der Waals surface area contributed by atoms with Gasteiger partial charge in [0, 0.05) is 12.1 Å². The summed E-state index contributed by atoms with van der Waals surface area (Å²) in [6, 6.07) is 1.21. The summed E-state index contributed by atoms with van der Waals surface area (Å²) >= 11 is 5.70. The number of hydrogen-bond donors (Lipinski definition) is 1. The zero-order valence-corrected chi connectivity index (χ0v) is 12.7. The third kappa shape index (κ3) is 3.11. The van der Waals surface area contributed by atoms with E-state index in [-0.39, 0.29) is 27.6 Å². The largest absolute Gasteiger partial charge is 0.329 e. The Balaban J connectivity index is 2.48. The molecular formula is C14H21ClN2O2. The van der Waals surface area contributed by atoms with Crippen LogP contribution < -0.4 is 11.2 Å². The Morgan fingerprint density at radius 1 is 1.21 bits per heavy atom. The average molecular weight is 285 g/mol. The number of H-pyrrole nitrogens is 1. The molecule has 0 unspecified atom stereocenters. The van der Waals surface area contributed by atoms with Crippen molar-refractivity contribution < 1.29 is 0 Å². The molecule has 0 amide bonds. The summed E-state index contributed by atoms with van der Waals surface area (Å²) in [5, 5.41) is 0.0978. The van der Waals surface area contributed by atoms with E-state index < -0.39 is 5.69 Å². The van der Waals surface area contributed by atoms with Crippen molar-refractivity contribution in [3.05, 3.63) is 32.1 Å². The van der Waals surface area contributed by atoms with Crippen LogP contribution in [0.4, 0.5) is 0 Å². The smallest absolute Gasteiger partial charge is 0.298 e. The van der Waals surface area contributed by atoms with Gasteiger partial charge in [-0.2, -0.15) is 0 Å². The van der Waals surface area contributed by atoms with Crippen LogP contribution in [0.3, 0.4) is 0 Å². The minimum Gasteiger partial charge on any atom is -0.298 e. The fourth-order valence-electron chi connectivity index (χ4n) is 3.79. The lowest BCUT2D eigenvalue weighted by molar-refractivity contribution is 0.0691. The fraction of sp³-hybridized carbons (Fsp3) is 0.714. The van der Waals surface area contributed by atoms with Gasteiger partial charge in [-0.05, 0) is 30.1 Å². The lowest BCUT2D eigenvalue weighted by Crippen LogP contribution is -2.44. The molecule has 5 heteroatoms. The van der Waals surface area contributed by atoms with Crippen molar-refractivity contribution in [1.82, 2.24) is 9.55 Å². The van der Waals surface area contributed by atoms with E-state index in [1.165, 1.54) is 10.6 Å². The lowest BCUT2D eigenvalue weighted by Gasteiger charge is -2.45. The molecule has 2 rings (SSSR count). The van der Waals surface area contributed by atoms with Crippen molar-refractivity contribution in [2.24, 2.45) is 10.8 Å². The number of rotatable bonds is 1. The van der Waals surface area contributed by atoms with Gasteiger partial charge in [-0.3, -0.25) is 14.3 Å². The number of nitrogens with zero attached hydrogens (tertiary/aromatic N) is 1. The highest BCUT2D eigenvalue weighted by molar-refractivity contribution is 6.29. The summed E-state index contributed by atoms with van der Waals surface area (Å²) in [5.41, 5.74) is -0.473. The third-order valence-electron chi connectivity index (χ3n) is 3.83. The van der Waals surface area contributed by atoms with E-state index in [4.69, 9.17) is 11.6 Å². The molecule has 1 saturated carbocycles. The van der Waals surface area contributed by atoms with E-state index in [9.17, 15) is 9.59 Å². The van der Waals surface area contributed by atoms with Crippen LogP contribution in [0.25, 0.3) is 0 Å². The molecule has 1 aromatic rings. The van der Waals surface area contributed by atoms with Crippen molar-refractivity contribution in [3.8, 4) is 0 Å². The molecule has 19 heavy (non-hydrogen) atoms. The van der Waals surface area contributed by atoms with Gasteiger partial charge >= 0.3 is 5.69 Å². The summed E-state index contributed by atoms with van der Waals surface area (Å²) < 4.78 is 1.33. The molecule has 1 N–H and O–H groups in total. The monoisotopic (exact) mass is 284 g/mol. The highest BCUT2D eigenvalue weighted by Gasteiger charge is 2.39. The Labute approximate surface area is 117 Å². The number of aromatic amines is 1. The zero-order chi connectivity index (χ0) is 14.4. The molecule has 1 fully saturated rings. The number of halogens is 1. The molecular weight excluding hydrogens is 264 g/mol. The normalized spacial score (nSPS) is 22.4. The van der Waals surface area contributed by atoms with Crippen LogP contribution in [0.2, 0.25) is 5.15 Å². The SMILES string of the molecule is CC1(C)CC(n2c(=O)cc(Cl)[nH]c2=O)CC(C)(C)C1. The molecule has 1 heterocycles. The van der Waals surface area contributed by atoms with Crippen LogP contribution in [-0.2, 0) is 0 Å². The molecule has 0 atom stereocenters. The van der Waals surface area contributed by atoms with Crippen LogP contribution in [0.15, 0.2) is 15.7 Å². The van der Waals surface area contributed by atoms with Crippen molar-refractivity contribution in [3.63, 3.8) is 0 Å². The third-order valence-corrected chi connectivity index (χ3v) is 4.04. The van der Waals surface area contributed by atoms with E-state index in [1.807, 2.05) is 0 Å². The molecule has 1 aliphatic carbocycles. The lowest BCUT2D eigenvalue weighted by atomic mass is 9.63. The first-order valence-corrected chi connectivity index (χ1v) is 6.99. The van der Waals surface area contributed by atoms with Gasteiger partial charge in [-0.1, -0.05) is 39.3 Å². The molecule has 4 nitrogen and oxygen atoms in total. The predicted molar refractivity (Wildman–Crippen MR) is 76.8 cm³/mol. The highest BCUT2D eigenvalue weighted by atomic mass is 35.5. The van der Waals surface area contributed by atoms with E-state index in [1.54, 1.807) is 0 Å². The Morgan fingerprint density at radius 2 is 1.74 bits per heavy atom. The molecule has 0 saturated heterocycles. The maximum absolute atomic E-state index is 12.0. The van der Waals surface area contributed by atoms with E-state index in [2.05, 4.69) is 32.7 Å². The second kappa shape index (κ2) is 4.51. The van der Waals surface area contributed by atoms with Gasteiger partial charge in [0.05, 0.1) is 0 Å². The molecule has 0 radical (unpaired) electrons. The van der Waals surface area contributed by atoms with Crippen LogP contribution in [0.5, 0.6) is 0 Å². The van der Waals surface area contributed by atoms with Crippen molar-refractivity contribution in [2.75, 3.05) is 0 Å². The van der Waals surface area contributed by atoms with Gasteiger partial charge in [-0.15, -0.1) is 0 Å². The minimum atomic E-state index is -0.406. The van der Waals surface area contributed by atoms with Crippen LogP contribution in [0, 0.1) is 10.8 Å². The number of nitrogens with one attached hydrogen (secondary N) is 1. The van der Waals surface area contributed by atoms with Crippen LogP contribution in [0.1, 0.15) is 53.0 Å². The van der Waals surface area contributed by atoms with Gasteiger partial charge in [0.25, 0.3) is 5.56 Å². The standard InChI is InChI=1S/C14H21ClN2O2/c1-13(2)6-9(7-14(3,4)8-13)17-11(18)5-10(15)16-12(17)19/h5,9H,6-8H2,1-4H3,(H,16,19). The Kier molecular flexibility index (Phi) is 3.42. The summed E-state index contributed by atoms with van der Waals surface area (Å²) in [6.45, 7) is 8.76. The first kappa shape index (κ1) is 14.4. The zero-order valence-electron chi connectivity index (χ0n) is 11.9. The highest BCUT2D eigenvalue weighted by Crippen LogP contribution is 2.49. The fourth-order valence-corrected chi connectivity index (χ4v) is 3.97. The maximum atomic E-state index is 12.0. The van der Waals surface area contributed by atoms with Crippen molar-refractivity contribution >= 4 is 11.6 Å². The molecule has 106 valence electrons. The number of aromatic nitrogens is 2. The van der Waals surface area contributed by atoms with Crippen molar-refractivity contribution in [1.29, 1.82) is 0 Å². The van der Waals surface area contributed by atoms with Gasteiger partial charge in [0.2, 0.25) is 0 Å². The van der Waals surface area contributed by atoms with E-state index >= 15 is 0 Å². The molecule has 1 aliphatic rings. The maximum Gasteiger partial charge on any atom is 0.329 e. The number of hydrogen-bond acceptors (Lipinski definition) is 2. The molecule has 0 aromatic carbocycles. The van der Waals surface area contributed by atoms with Gasteiger partial charge in [0.1, 0.15) is 5.15 Å². The summed E-state index contributed by atoms with van der Waals surface area (Å²) in [5.74, 6) is 0. The summed E-state index contributed by atoms with van der Waals surface area (Å²) in [6.07, 6.45) is 2.76. The minimum absolute atomic E-state index is 0.0627. The topological polar surface area (TPSA) is 54.9 Å². The first-order chi connectivity index (χ1) is 8.60. The Morgan fingerprint density at radius 3 is 2.21 bits per heavy atom. The van der Waals surface area contributed by atoms with Crippen LogP contribution in [-0.4, -0.2) is 9.55 Å². The molecule has 1 aromatic heterocycles. The quantitative estimate of drug-likeness (QED) is 0.806. The van der Waals surface area contributed by atoms with E-state index in [0.717, 1.165) is 19.3 Å². The Hall–Kier alpha value is -1.03. The van der Waals surface area contributed by atoms with Gasteiger partial charge in [-0.25, -0.2) is 4.79 Å². The molecule has 0 aliphatic heterocycles. The second-order valence-corrected chi connectivity index (χ2v) is 7.61. The van der Waals surface area contributed by atoms with E-state index in [0.29, 0.717) is 0 Å². The van der Waals surface area contributed by atoms with Crippen molar-refractivity contribution in [2.45, 2.75) is 53.0 Å². The molecule has 0 bridgehead atoms. The first-order valence-electron chi connectivity index (χ1n) is 6.61.